The van der Waals surface area contributed by atoms with Crippen LogP contribution in [0.5, 0.6) is 0 Å². The van der Waals surface area contributed by atoms with E-state index in [9.17, 15) is 18.4 Å². The standard InChI is InChI=1S/C19H13BrF2N4O3/c1-19(13-8-12(21)5-6-14(13)22)17(27)26(18(28)23-19)9-15-24-25-16(29-15)10-3-2-4-11(20)7-10/h2-8H,9H2,1H3,(H,23,28). The highest BCUT2D eigenvalue weighted by molar-refractivity contribution is 9.10. The van der Waals surface area contributed by atoms with Crippen molar-refractivity contribution in [2.24, 2.45) is 0 Å². The van der Waals surface area contributed by atoms with Crippen LogP contribution in [0.3, 0.4) is 0 Å². The quantitative estimate of drug-likeness (QED) is 0.596. The lowest BCUT2D eigenvalue weighted by atomic mass is 9.91. The first-order chi connectivity index (χ1) is 13.8. The molecule has 1 unspecified atom stereocenters. The molecule has 1 aliphatic rings. The lowest BCUT2D eigenvalue weighted by molar-refractivity contribution is -0.131. The Morgan fingerprint density at radius 2 is 1.97 bits per heavy atom. The normalized spacial score (nSPS) is 19.0. The zero-order chi connectivity index (χ0) is 20.8. The predicted molar refractivity (Wildman–Crippen MR) is 100 cm³/mol. The zero-order valence-corrected chi connectivity index (χ0v) is 16.5. The number of imide groups is 1. The van der Waals surface area contributed by atoms with Crippen LogP contribution in [-0.4, -0.2) is 27.0 Å². The summed E-state index contributed by atoms with van der Waals surface area (Å²) in [5, 5.41) is 10.2. The smallest absolute Gasteiger partial charge is 0.325 e. The summed E-state index contributed by atoms with van der Waals surface area (Å²) in [6, 6.07) is 9.11. The average Bonchev–Trinajstić information content (AvgIpc) is 3.23. The van der Waals surface area contributed by atoms with Crippen molar-refractivity contribution >= 4 is 27.9 Å². The zero-order valence-electron chi connectivity index (χ0n) is 14.9. The van der Waals surface area contributed by atoms with Gasteiger partial charge >= 0.3 is 6.03 Å². The number of nitrogens with one attached hydrogen (secondary N) is 1. The molecule has 7 nitrogen and oxygen atoms in total. The van der Waals surface area contributed by atoms with E-state index < -0.39 is 29.1 Å². The number of aromatic nitrogens is 2. The summed E-state index contributed by atoms with van der Waals surface area (Å²) < 4.78 is 34.2. The molecule has 2 aromatic carbocycles. The van der Waals surface area contributed by atoms with Crippen molar-refractivity contribution in [2.45, 2.75) is 19.0 Å². The highest BCUT2D eigenvalue weighted by Crippen LogP contribution is 2.32. The van der Waals surface area contributed by atoms with Gasteiger partial charge in [0.1, 0.15) is 23.7 Å². The van der Waals surface area contributed by atoms with Crippen LogP contribution in [0.2, 0.25) is 0 Å². The summed E-state index contributed by atoms with van der Waals surface area (Å²) in [7, 11) is 0. The Balaban J connectivity index is 1.60. The third-order valence-electron chi connectivity index (χ3n) is 4.57. The fourth-order valence-electron chi connectivity index (χ4n) is 3.09. The third kappa shape index (κ3) is 3.39. The molecule has 148 valence electrons. The SMILES string of the molecule is CC1(c2cc(F)ccc2F)NC(=O)N(Cc2nnc(-c3cccc(Br)c3)o2)C1=O. The molecule has 29 heavy (non-hydrogen) atoms. The molecule has 4 rings (SSSR count). The van der Waals surface area contributed by atoms with Gasteiger partial charge in [0.15, 0.2) is 0 Å². The fourth-order valence-corrected chi connectivity index (χ4v) is 3.49. The highest BCUT2D eigenvalue weighted by atomic mass is 79.9. The maximum absolute atomic E-state index is 14.2. The van der Waals surface area contributed by atoms with Crippen LogP contribution < -0.4 is 5.32 Å². The van der Waals surface area contributed by atoms with E-state index >= 15 is 0 Å². The Morgan fingerprint density at radius 1 is 1.17 bits per heavy atom. The molecular weight excluding hydrogens is 450 g/mol. The van der Waals surface area contributed by atoms with Crippen molar-refractivity contribution in [2.75, 3.05) is 0 Å². The summed E-state index contributed by atoms with van der Waals surface area (Å²) in [5.41, 5.74) is -1.36. The van der Waals surface area contributed by atoms with E-state index in [-0.39, 0.29) is 23.9 Å². The molecule has 10 heteroatoms. The first kappa shape index (κ1) is 19.2. The summed E-state index contributed by atoms with van der Waals surface area (Å²) >= 11 is 3.35. The second-order valence-electron chi connectivity index (χ2n) is 6.58. The lowest BCUT2D eigenvalue weighted by Crippen LogP contribution is -2.41. The largest absolute Gasteiger partial charge is 0.419 e. The predicted octanol–water partition coefficient (Wildman–Crippen LogP) is 3.74. The van der Waals surface area contributed by atoms with Crippen LogP contribution in [-0.2, 0) is 16.9 Å². The van der Waals surface area contributed by atoms with Crippen LogP contribution in [0.25, 0.3) is 11.5 Å². The van der Waals surface area contributed by atoms with Crippen molar-refractivity contribution in [3.05, 3.63) is 70.0 Å². The summed E-state index contributed by atoms with van der Waals surface area (Å²) in [6.45, 7) is 1.00. The van der Waals surface area contributed by atoms with Gasteiger partial charge in [-0.3, -0.25) is 9.69 Å². The number of rotatable bonds is 4. The third-order valence-corrected chi connectivity index (χ3v) is 5.07. The number of hydrogen-bond acceptors (Lipinski definition) is 5. The number of halogens is 3. The van der Waals surface area contributed by atoms with Crippen molar-refractivity contribution in [1.82, 2.24) is 20.4 Å². The van der Waals surface area contributed by atoms with Crippen LogP contribution in [0.15, 0.2) is 51.4 Å². The van der Waals surface area contributed by atoms with E-state index in [2.05, 4.69) is 31.4 Å². The van der Waals surface area contributed by atoms with Gasteiger partial charge in [-0.05, 0) is 43.3 Å². The number of carbonyl (C=O) groups is 2. The summed E-state index contributed by atoms with van der Waals surface area (Å²) in [6.07, 6.45) is 0. The van der Waals surface area contributed by atoms with Gasteiger partial charge in [-0.1, -0.05) is 22.0 Å². The van der Waals surface area contributed by atoms with E-state index in [1.54, 1.807) is 18.2 Å². The molecular formula is C19H13BrF2N4O3. The van der Waals surface area contributed by atoms with E-state index in [4.69, 9.17) is 4.42 Å². The minimum absolute atomic E-state index is 0.0208. The van der Waals surface area contributed by atoms with E-state index in [0.717, 1.165) is 27.6 Å². The Labute approximate surface area is 171 Å². The van der Waals surface area contributed by atoms with Crippen molar-refractivity contribution in [3.63, 3.8) is 0 Å². The molecule has 1 N–H and O–H groups in total. The topological polar surface area (TPSA) is 88.3 Å². The maximum Gasteiger partial charge on any atom is 0.325 e. The van der Waals surface area contributed by atoms with Gasteiger partial charge in [0, 0.05) is 15.6 Å². The molecule has 2 heterocycles. The van der Waals surface area contributed by atoms with Gasteiger partial charge in [-0.25, -0.2) is 13.6 Å². The molecule has 0 saturated carbocycles. The lowest BCUT2D eigenvalue weighted by Gasteiger charge is -2.22. The van der Waals surface area contributed by atoms with Gasteiger partial charge in [0.2, 0.25) is 11.8 Å². The van der Waals surface area contributed by atoms with Gasteiger partial charge in [0.25, 0.3) is 5.91 Å². The number of hydrogen-bond donors (Lipinski definition) is 1. The number of amides is 3. The van der Waals surface area contributed by atoms with Crippen molar-refractivity contribution in [1.29, 1.82) is 0 Å². The van der Waals surface area contributed by atoms with Gasteiger partial charge in [-0.15, -0.1) is 10.2 Å². The number of benzene rings is 2. The maximum atomic E-state index is 14.2. The molecule has 0 spiro atoms. The molecule has 1 atom stereocenters. The highest BCUT2D eigenvalue weighted by Gasteiger charge is 2.50. The number of urea groups is 1. The molecule has 3 aromatic rings. The summed E-state index contributed by atoms with van der Waals surface area (Å²) in [5.74, 6) is -2.05. The van der Waals surface area contributed by atoms with Crippen molar-refractivity contribution < 1.29 is 22.8 Å². The van der Waals surface area contributed by atoms with Crippen LogP contribution in [0.4, 0.5) is 13.6 Å². The van der Waals surface area contributed by atoms with Crippen LogP contribution in [0, 0.1) is 11.6 Å². The van der Waals surface area contributed by atoms with Gasteiger partial charge in [-0.2, -0.15) is 0 Å². The molecule has 0 bridgehead atoms. The Morgan fingerprint density at radius 3 is 2.72 bits per heavy atom. The second-order valence-corrected chi connectivity index (χ2v) is 7.50. The number of nitrogens with zero attached hydrogens (tertiary/aromatic N) is 3. The molecule has 1 fully saturated rings. The first-order valence-corrected chi connectivity index (χ1v) is 9.25. The Hall–Kier alpha value is -3.14. The molecule has 3 amide bonds. The van der Waals surface area contributed by atoms with Crippen molar-refractivity contribution in [3.8, 4) is 11.5 Å². The molecule has 1 aromatic heterocycles. The minimum Gasteiger partial charge on any atom is -0.419 e. The van der Waals surface area contributed by atoms with Gasteiger partial charge in [0.05, 0.1) is 0 Å². The van der Waals surface area contributed by atoms with Crippen LogP contribution in [0.1, 0.15) is 18.4 Å². The average molecular weight is 463 g/mol. The van der Waals surface area contributed by atoms with Crippen LogP contribution >= 0.6 is 15.9 Å². The summed E-state index contributed by atoms with van der Waals surface area (Å²) in [4.78, 5) is 26.1. The monoisotopic (exact) mass is 462 g/mol. The number of carbonyl (C=O) groups excluding carboxylic acids is 2. The molecule has 0 radical (unpaired) electrons. The molecule has 1 saturated heterocycles. The Kier molecular flexibility index (Phi) is 4.65. The molecule has 1 aliphatic heterocycles. The molecule has 0 aliphatic carbocycles. The first-order valence-electron chi connectivity index (χ1n) is 8.46. The van der Waals surface area contributed by atoms with E-state index in [1.165, 1.54) is 6.92 Å². The second kappa shape index (κ2) is 7.03. The van der Waals surface area contributed by atoms with E-state index in [0.29, 0.717) is 5.56 Å². The Bertz CT molecular complexity index is 1140. The fraction of sp³-hybridized carbons (Fsp3) is 0.158. The minimum atomic E-state index is -1.75. The van der Waals surface area contributed by atoms with Gasteiger partial charge < -0.3 is 9.73 Å². The van der Waals surface area contributed by atoms with E-state index in [1.807, 2.05) is 6.07 Å².